The molecular weight excluding hydrogens is 356 g/mol. The molecular formula is C18H21ClN4O3. The van der Waals surface area contributed by atoms with Crippen molar-refractivity contribution in [1.82, 2.24) is 20.0 Å². The number of aromatic nitrogens is 2. The summed E-state index contributed by atoms with van der Waals surface area (Å²) in [7, 11) is 1.62. The van der Waals surface area contributed by atoms with Gasteiger partial charge in [-0.3, -0.25) is 14.3 Å². The molecule has 0 unspecified atom stereocenters. The van der Waals surface area contributed by atoms with E-state index in [1.807, 2.05) is 12.1 Å². The van der Waals surface area contributed by atoms with Crippen molar-refractivity contribution >= 4 is 23.4 Å². The van der Waals surface area contributed by atoms with Crippen LogP contribution in [-0.4, -0.2) is 59.8 Å². The Morgan fingerprint density at radius 2 is 2.08 bits per heavy atom. The number of nitrogens with one attached hydrogen (secondary N) is 1. The molecule has 0 fully saturated rings. The summed E-state index contributed by atoms with van der Waals surface area (Å²) in [5.41, 5.74) is 2.11. The Morgan fingerprint density at radius 1 is 1.31 bits per heavy atom. The number of hydrogen-bond donors (Lipinski definition) is 1. The molecule has 1 aliphatic heterocycles. The summed E-state index contributed by atoms with van der Waals surface area (Å²) in [5.74, 6) is -0.351. The summed E-state index contributed by atoms with van der Waals surface area (Å²) < 4.78 is 6.64. The number of halogens is 1. The van der Waals surface area contributed by atoms with Crippen molar-refractivity contribution in [3.05, 3.63) is 41.0 Å². The van der Waals surface area contributed by atoms with E-state index in [4.69, 9.17) is 16.3 Å². The maximum absolute atomic E-state index is 12.7. The van der Waals surface area contributed by atoms with Crippen LogP contribution in [0.5, 0.6) is 0 Å². The van der Waals surface area contributed by atoms with Gasteiger partial charge in [0.05, 0.1) is 18.8 Å². The van der Waals surface area contributed by atoms with E-state index in [0.29, 0.717) is 37.0 Å². The van der Waals surface area contributed by atoms with Crippen LogP contribution in [0.3, 0.4) is 0 Å². The minimum absolute atomic E-state index is 0.0489. The summed E-state index contributed by atoms with van der Waals surface area (Å²) in [6.45, 7) is 2.20. The zero-order chi connectivity index (χ0) is 18.5. The first-order chi connectivity index (χ1) is 12.6. The molecule has 0 bridgehead atoms. The highest BCUT2D eigenvalue weighted by Crippen LogP contribution is 2.23. The van der Waals surface area contributed by atoms with Crippen molar-refractivity contribution in [2.75, 3.05) is 33.4 Å². The third-order valence-electron chi connectivity index (χ3n) is 4.19. The average molecular weight is 377 g/mol. The molecule has 8 heteroatoms. The van der Waals surface area contributed by atoms with Gasteiger partial charge in [0, 0.05) is 37.4 Å². The Balaban J connectivity index is 1.64. The molecule has 0 saturated carbocycles. The maximum Gasteiger partial charge on any atom is 0.272 e. The topological polar surface area (TPSA) is 76.5 Å². The number of nitrogens with zero attached hydrogens (tertiary/aromatic N) is 3. The fourth-order valence-electron chi connectivity index (χ4n) is 2.82. The van der Waals surface area contributed by atoms with Crippen LogP contribution < -0.4 is 5.32 Å². The summed E-state index contributed by atoms with van der Waals surface area (Å²) in [5, 5.41) is 7.94. The standard InChI is InChI=1S/C18H21ClN4O3/c1-26-10-2-7-20-17(24)12-22-8-9-23-16(18(22)25)11-15(21-23)13-3-5-14(19)6-4-13/h3-6,11H,2,7-10,12H2,1H3,(H,20,24). The molecule has 1 aromatic heterocycles. The lowest BCUT2D eigenvalue weighted by Gasteiger charge is -2.26. The van der Waals surface area contributed by atoms with Crippen LogP contribution in [0.4, 0.5) is 0 Å². The predicted octanol–water partition coefficient (Wildman–Crippen LogP) is 1.81. The van der Waals surface area contributed by atoms with Crippen LogP contribution in [0.15, 0.2) is 30.3 Å². The van der Waals surface area contributed by atoms with Crippen molar-refractivity contribution in [3.63, 3.8) is 0 Å². The second kappa shape index (κ2) is 8.33. The number of rotatable bonds is 7. The molecule has 7 nitrogen and oxygen atoms in total. The molecule has 0 aliphatic carbocycles. The lowest BCUT2D eigenvalue weighted by atomic mass is 10.1. The first-order valence-corrected chi connectivity index (χ1v) is 8.85. The predicted molar refractivity (Wildman–Crippen MR) is 98.1 cm³/mol. The Kier molecular flexibility index (Phi) is 5.90. The monoisotopic (exact) mass is 376 g/mol. The van der Waals surface area contributed by atoms with Gasteiger partial charge in [-0.2, -0.15) is 5.10 Å². The van der Waals surface area contributed by atoms with Gasteiger partial charge in [0.15, 0.2) is 0 Å². The normalized spacial score (nSPS) is 13.6. The largest absolute Gasteiger partial charge is 0.385 e. The minimum atomic E-state index is -0.184. The van der Waals surface area contributed by atoms with Crippen molar-refractivity contribution in [2.24, 2.45) is 0 Å². The molecule has 1 N–H and O–H groups in total. The van der Waals surface area contributed by atoms with Gasteiger partial charge in [-0.05, 0) is 24.6 Å². The van der Waals surface area contributed by atoms with Crippen LogP contribution >= 0.6 is 11.6 Å². The summed E-state index contributed by atoms with van der Waals surface area (Å²) >= 11 is 5.91. The van der Waals surface area contributed by atoms with Gasteiger partial charge in [0.2, 0.25) is 5.91 Å². The molecule has 3 rings (SSSR count). The van der Waals surface area contributed by atoms with Crippen molar-refractivity contribution in [2.45, 2.75) is 13.0 Å². The van der Waals surface area contributed by atoms with Gasteiger partial charge < -0.3 is 15.0 Å². The van der Waals surface area contributed by atoms with Gasteiger partial charge in [-0.15, -0.1) is 0 Å². The highest BCUT2D eigenvalue weighted by molar-refractivity contribution is 6.30. The molecule has 1 aliphatic rings. The Bertz CT molecular complexity index is 788. The number of benzene rings is 1. The molecule has 2 heterocycles. The van der Waals surface area contributed by atoms with Gasteiger partial charge >= 0.3 is 0 Å². The number of methoxy groups -OCH3 is 1. The van der Waals surface area contributed by atoms with Crippen LogP contribution in [0.1, 0.15) is 16.9 Å². The molecule has 1 aromatic carbocycles. The van der Waals surface area contributed by atoms with E-state index in [1.54, 1.807) is 34.9 Å². The highest BCUT2D eigenvalue weighted by Gasteiger charge is 2.27. The number of carbonyl (C=O) groups is 2. The molecule has 0 radical (unpaired) electrons. The van der Waals surface area contributed by atoms with Gasteiger partial charge in [0.1, 0.15) is 5.69 Å². The second-order valence-electron chi connectivity index (χ2n) is 6.07. The Morgan fingerprint density at radius 3 is 2.81 bits per heavy atom. The molecule has 2 amide bonds. The quantitative estimate of drug-likeness (QED) is 0.748. The number of amides is 2. The first kappa shape index (κ1) is 18.4. The minimum Gasteiger partial charge on any atom is -0.385 e. The average Bonchev–Trinajstić information content (AvgIpc) is 3.07. The maximum atomic E-state index is 12.7. The van der Waals surface area contributed by atoms with Gasteiger partial charge in [-0.25, -0.2) is 0 Å². The number of hydrogen-bond acceptors (Lipinski definition) is 4. The molecule has 138 valence electrons. The fraction of sp³-hybridized carbons (Fsp3) is 0.389. The zero-order valence-electron chi connectivity index (χ0n) is 14.6. The third kappa shape index (κ3) is 4.23. The van der Waals surface area contributed by atoms with E-state index in [2.05, 4.69) is 10.4 Å². The molecule has 0 saturated heterocycles. The summed E-state index contributed by atoms with van der Waals surface area (Å²) in [6.07, 6.45) is 0.743. The van der Waals surface area contributed by atoms with E-state index in [-0.39, 0.29) is 18.4 Å². The van der Waals surface area contributed by atoms with E-state index >= 15 is 0 Å². The van der Waals surface area contributed by atoms with Crippen molar-refractivity contribution < 1.29 is 14.3 Å². The Hall–Kier alpha value is -2.38. The summed E-state index contributed by atoms with van der Waals surface area (Å²) in [6, 6.07) is 9.07. The van der Waals surface area contributed by atoms with Crippen LogP contribution in [-0.2, 0) is 16.1 Å². The fourth-order valence-corrected chi connectivity index (χ4v) is 2.95. The van der Waals surface area contributed by atoms with E-state index in [9.17, 15) is 9.59 Å². The number of ether oxygens (including phenoxy) is 1. The molecule has 2 aromatic rings. The molecule has 0 atom stereocenters. The SMILES string of the molecule is COCCCNC(=O)CN1CCn2nc(-c3ccc(Cl)cc3)cc2C1=O. The first-order valence-electron chi connectivity index (χ1n) is 8.47. The van der Waals surface area contributed by atoms with Gasteiger partial charge in [-0.1, -0.05) is 23.7 Å². The lowest BCUT2D eigenvalue weighted by molar-refractivity contribution is -0.121. The molecule has 26 heavy (non-hydrogen) atoms. The molecule has 0 spiro atoms. The highest BCUT2D eigenvalue weighted by atomic mass is 35.5. The van der Waals surface area contributed by atoms with Crippen LogP contribution in [0.2, 0.25) is 5.02 Å². The van der Waals surface area contributed by atoms with E-state index < -0.39 is 0 Å². The van der Waals surface area contributed by atoms with Crippen LogP contribution in [0.25, 0.3) is 11.3 Å². The third-order valence-corrected chi connectivity index (χ3v) is 4.44. The zero-order valence-corrected chi connectivity index (χ0v) is 15.3. The summed E-state index contributed by atoms with van der Waals surface area (Å²) in [4.78, 5) is 26.2. The lowest BCUT2D eigenvalue weighted by Crippen LogP contribution is -2.46. The van der Waals surface area contributed by atoms with E-state index in [0.717, 1.165) is 17.7 Å². The van der Waals surface area contributed by atoms with E-state index in [1.165, 1.54) is 0 Å². The second-order valence-corrected chi connectivity index (χ2v) is 6.50. The van der Waals surface area contributed by atoms with Crippen molar-refractivity contribution in [1.29, 1.82) is 0 Å². The Labute approximate surface area is 156 Å². The number of carbonyl (C=O) groups excluding carboxylic acids is 2. The number of fused-ring (bicyclic) bond motifs is 1. The van der Waals surface area contributed by atoms with Gasteiger partial charge in [0.25, 0.3) is 5.91 Å². The smallest absolute Gasteiger partial charge is 0.272 e. The van der Waals surface area contributed by atoms with Crippen LogP contribution in [0, 0.1) is 0 Å². The van der Waals surface area contributed by atoms with Crippen molar-refractivity contribution in [3.8, 4) is 11.3 Å².